The summed E-state index contributed by atoms with van der Waals surface area (Å²) in [7, 11) is 16.4. The fourth-order valence-corrected chi connectivity index (χ4v) is 10.3. The summed E-state index contributed by atoms with van der Waals surface area (Å²) in [6, 6.07) is 38.0. The van der Waals surface area contributed by atoms with Crippen molar-refractivity contribution < 1.29 is 56.1 Å². The van der Waals surface area contributed by atoms with Crippen LogP contribution in [0, 0.1) is 0 Å². The van der Waals surface area contributed by atoms with Crippen LogP contribution in [0.4, 0.5) is 5.69 Å². The third-order valence-electron chi connectivity index (χ3n) is 13.8. The number of nitrogens with one attached hydrogen (secondary N) is 1. The van der Waals surface area contributed by atoms with E-state index >= 15 is 0 Å². The Balaban J connectivity index is 0.000000186. The van der Waals surface area contributed by atoms with Crippen molar-refractivity contribution in [1.29, 1.82) is 0 Å². The minimum absolute atomic E-state index is 0. The molecule has 2 N–H and O–H groups in total. The average molecular weight is 1150 g/mol. The molecular formula is C56H59Cl5N6O6Zn. The summed E-state index contributed by atoms with van der Waals surface area (Å²) in [6.45, 7) is 12.7. The number of carboxylic acids is 1. The van der Waals surface area contributed by atoms with Crippen LogP contribution in [0.3, 0.4) is 0 Å². The van der Waals surface area contributed by atoms with Crippen LogP contribution in [0.5, 0.6) is 11.5 Å². The van der Waals surface area contributed by atoms with Crippen LogP contribution < -0.4 is 37.3 Å². The van der Waals surface area contributed by atoms with Crippen molar-refractivity contribution in [2.75, 3.05) is 105 Å². The first kappa shape index (κ1) is 57.0. The molecule has 74 heavy (non-hydrogen) atoms. The molecule has 0 bridgehead atoms. The zero-order valence-electron chi connectivity index (χ0n) is 40.9. The molecular weight excluding hydrogens is 1100 g/mol. The Bertz CT molecular complexity index is 3100. The summed E-state index contributed by atoms with van der Waals surface area (Å²) in [5.74, 6) is 0.577. The SMILES string of the molecule is C.CN1CCN(c2ccc3c(-c4ccccc4C(=O)O)c4ccc(=[N+]5CCN(C)CC5)cc-4oc3c2)CC1.CN1CCNCC1.O=C1OC2(c3ccc(Cl)cc3Oc3cc(Cl)ccc32)c2ccccc21.[Cl-].[Cl][Zn][Cl]. The van der Waals surface area contributed by atoms with Gasteiger partial charge in [0, 0.05) is 113 Å². The topological polar surface area (TPSA) is 114 Å². The normalized spacial score (nSPS) is 16.7. The molecule has 7 aliphatic rings. The zero-order chi connectivity index (χ0) is 50.5. The molecule has 386 valence electrons. The predicted octanol–water partition coefficient (Wildman–Crippen LogP) is 7.47. The van der Waals surface area contributed by atoms with Crippen molar-refractivity contribution in [2.45, 2.75) is 13.0 Å². The molecule has 5 aromatic carbocycles. The van der Waals surface area contributed by atoms with Gasteiger partial charge in [-0.25, -0.2) is 14.2 Å². The number of rotatable bonds is 3. The van der Waals surface area contributed by atoms with Gasteiger partial charge in [0.05, 0.1) is 30.3 Å². The van der Waals surface area contributed by atoms with E-state index in [0.29, 0.717) is 38.2 Å². The molecule has 6 heterocycles. The van der Waals surface area contributed by atoms with E-state index in [-0.39, 0.29) is 25.8 Å². The number of hydrogen-bond donors (Lipinski definition) is 2. The van der Waals surface area contributed by atoms with Gasteiger partial charge in [-0.05, 0) is 93.4 Å². The molecule has 3 fully saturated rings. The summed E-state index contributed by atoms with van der Waals surface area (Å²) in [4.78, 5) is 34.2. The third kappa shape index (κ3) is 12.1. The standard InChI is InChI=1S/C30H32N4O3.C20H10Cl2O3.C5H12N2.CH4.3ClH.Zn/c1-31-11-15-33(16-12-31)21-7-9-25-27(19-21)37-28-20-22(34-17-13-32(2)14-18-34)8-10-26(28)29(25)23-5-3-4-6-24(23)30(35)36;21-11-5-7-15-17(9-11)24-18-10-12(22)6-8-16(18)20(15)14-4-2-1-3-13(14)19(23)25-20;1-7-4-2-6-3-5-7;;;;;/h3-10,19-20H,11-18H2,1-2H3;1-10H;6H,2-5H2,1H3;1H4;3*1H;/q;;;;;;;+2/p-2. The van der Waals surface area contributed by atoms with Gasteiger partial charge in [0.1, 0.15) is 22.8 Å². The number of carboxylic acid groups (broad SMARTS) is 1. The van der Waals surface area contributed by atoms with Gasteiger partial charge in [-0.1, -0.05) is 67.0 Å². The quantitative estimate of drug-likeness (QED) is 0.0796. The number of ether oxygens (including phenoxy) is 2. The van der Waals surface area contributed by atoms with Crippen LogP contribution in [0.1, 0.15) is 44.8 Å². The molecule has 12 nitrogen and oxygen atoms in total. The van der Waals surface area contributed by atoms with Crippen molar-refractivity contribution in [1.82, 2.24) is 24.6 Å². The molecule has 6 aliphatic heterocycles. The van der Waals surface area contributed by atoms with Crippen LogP contribution in [0.2, 0.25) is 10.0 Å². The van der Waals surface area contributed by atoms with E-state index in [2.05, 4.69) is 87.0 Å². The first-order valence-corrected chi connectivity index (χ1v) is 32.6. The van der Waals surface area contributed by atoms with Gasteiger partial charge in [0.25, 0.3) is 0 Å². The third-order valence-corrected chi connectivity index (χ3v) is 14.3. The molecule has 1 spiro atoms. The Kier molecular flexibility index (Phi) is 19.5. The summed E-state index contributed by atoms with van der Waals surface area (Å²) < 4.78 is 21.0. The second-order valence-electron chi connectivity index (χ2n) is 18.4. The summed E-state index contributed by atoms with van der Waals surface area (Å²) in [6.07, 6.45) is 0. The number of piperazine rings is 3. The molecule has 0 aromatic heterocycles. The monoisotopic (exact) mass is 1150 g/mol. The van der Waals surface area contributed by atoms with Crippen LogP contribution in [0.25, 0.3) is 33.4 Å². The Morgan fingerprint density at radius 3 is 1.86 bits per heavy atom. The maximum atomic E-state index is 12.6. The molecule has 0 radical (unpaired) electrons. The molecule has 1 aliphatic carbocycles. The van der Waals surface area contributed by atoms with Gasteiger partial charge in [0.2, 0.25) is 5.36 Å². The van der Waals surface area contributed by atoms with Gasteiger partial charge in [-0.2, -0.15) is 0 Å². The number of likely N-dealkylation sites (N-methyl/N-ethyl adjacent to an activating group) is 3. The van der Waals surface area contributed by atoms with Gasteiger partial charge < -0.3 is 51.4 Å². The first-order chi connectivity index (χ1) is 34.9. The van der Waals surface area contributed by atoms with E-state index in [4.69, 9.17) is 56.5 Å². The maximum absolute atomic E-state index is 12.6. The molecule has 0 atom stereocenters. The number of benzene rings is 6. The Labute approximate surface area is 464 Å². The average Bonchev–Trinajstić information content (AvgIpc) is 3.68. The summed E-state index contributed by atoms with van der Waals surface area (Å²) >= 11 is 11.4. The van der Waals surface area contributed by atoms with Crippen LogP contribution in [-0.4, -0.2) is 131 Å². The number of anilines is 1. The van der Waals surface area contributed by atoms with Crippen molar-refractivity contribution in [3.8, 4) is 33.9 Å². The molecule has 5 aromatic rings. The number of fused-ring (bicyclic) bond motifs is 8. The van der Waals surface area contributed by atoms with Gasteiger partial charge in [-0.15, -0.1) is 0 Å². The first-order valence-electron chi connectivity index (χ1n) is 24.0. The molecule has 18 heteroatoms. The Morgan fingerprint density at radius 2 is 1.26 bits per heavy atom. The molecule has 0 amide bonds. The van der Waals surface area contributed by atoms with Crippen molar-refractivity contribution in [3.05, 3.63) is 165 Å². The fourth-order valence-electron chi connectivity index (χ4n) is 9.97. The van der Waals surface area contributed by atoms with E-state index in [9.17, 15) is 14.7 Å². The summed E-state index contributed by atoms with van der Waals surface area (Å²) in [5.41, 5.74) is 6.49. The van der Waals surface area contributed by atoms with E-state index in [1.165, 1.54) is 13.1 Å². The van der Waals surface area contributed by atoms with E-state index < -0.39 is 26.7 Å². The fraction of sp³-hybridized carbons (Fsp3) is 0.304. The summed E-state index contributed by atoms with van der Waals surface area (Å²) in [5, 5.41) is 16.4. The predicted molar refractivity (Wildman–Crippen MR) is 291 cm³/mol. The van der Waals surface area contributed by atoms with Crippen molar-refractivity contribution in [3.63, 3.8) is 0 Å². The number of carbonyl (C=O) groups excluding carboxylic acids is 1. The van der Waals surface area contributed by atoms with Gasteiger partial charge in [0.15, 0.2) is 18.7 Å². The number of aromatic carboxylic acids is 1. The van der Waals surface area contributed by atoms with Crippen LogP contribution >= 0.6 is 42.6 Å². The molecule has 12 rings (SSSR count). The van der Waals surface area contributed by atoms with Gasteiger partial charge in [-0.3, -0.25) is 4.90 Å². The number of nitrogens with zero attached hydrogens (tertiary/aromatic N) is 5. The zero-order valence-corrected chi connectivity index (χ0v) is 47.6. The second-order valence-corrected chi connectivity index (χ2v) is 23.9. The van der Waals surface area contributed by atoms with E-state index in [0.717, 1.165) is 121 Å². The second kappa shape index (κ2) is 25.4. The number of halogens is 5. The van der Waals surface area contributed by atoms with E-state index in [1.807, 2.05) is 42.5 Å². The van der Waals surface area contributed by atoms with Gasteiger partial charge >= 0.3 is 46.5 Å². The number of carbonyl (C=O) groups is 2. The molecule has 3 saturated heterocycles. The van der Waals surface area contributed by atoms with Crippen LogP contribution in [0.15, 0.2) is 126 Å². The van der Waals surface area contributed by atoms with E-state index in [1.54, 1.807) is 42.5 Å². The van der Waals surface area contributed by atoms with Crippen molar-refractivity contribution >= 4 is 71.2 Å². The van der Waals surface area contributed by atoms with Crippen LogP contribution in [-0.2, 0) is 25.5 Å². The molecule has 0 saturated carbocycles. The number of hydrogen-bond acceptors (Lipinski definition) is 10. The molecule has 0 unspecified atom stereocenters. The minimum atomic E-state index is -1.06. The number of esters is 1. The Hall–Kier alpha value is -4.76. The Morgan fingerprint density at radius 1 is 0.676 bits per heavy atom. The van der Waals surface area contributed by atoms with Crippen molar-refractivity contribution in [2.24, 2.45) is 0 Å².